The van der Waals surface area contributed by atoms with Gasteiger partial charge in [0, 0.05) is 17.8 Å². The Labute approximate surface area is 59.8 Å². The average molecular weight is 137 g/mol. The van der Waals surface area contributed by atoms with Crippen LogP contribution in [0.25, 0.3) is 0 Å². The molecule has 1 saturated heterocycles. The van der Waals surface area contributed by atoms with Crippen LogP contribution in [-0.2, 0) is 0 Å². The van der Waals surface area contributed by atoms with E-state index in [0.717, 1.165) is 6.54 Å². The van der Waals surface area contributed by atoms with Gasteiger partial charge >= 0.3 is 0 Å². The molecule has 1 aromatic rings. The van der Waals surface area contributed by atoms with Crippen LogP contribution in [-0.4, -0.2) is 16.7 Å². The van der Waals surface area contributed by atoms with Crippen LogP contribution in [0.2, 0.25) is 0 Å². The highest BCUT2D eigenvalue weighted by atomic mass is 15.1. The van der Waals surface area contributed by atoms with Gasteiger partial charge in [0.2, 0.25) is 0 Å². The zero-order chi connectivity index (χ0) is 6.81. The Bertz CT molecular complexity index is 187. The van der Waals surface area contributed by atoms with E-state index in [1.54, 1.807) is 0 Å². The number of aromatic nitrogens is 2. The first-order valence-corrected chi connectivity index (χ1v) is 3.69. The molecule has 0 amide bonds. The fourth-order valence-electron chi connectivity index (χ4n) is 1.42. The van der Waals surface area contributed by atoms with Gasteiger partial charge in [-0.1, -0.05) is 0 Å². The molecule has 0 saturated carbocycles. The van der Waals surface area contributed by atoms with Gasteiger partial charge in [0.15, 0.2) is 0 Å². The van der Waals surface area contributed by atoms with Gasteiger partial charge < -0.3 is 5.32 Å². The minimum Gasteiger partial charge on any atom is -0.310 e. The fourth-order valence-corrected chi connectivity index (χ4v) is 1.42. The van der Waals surface area contributed by atoms with E-state index in [4.69, 9.17) is 0 Å². The molecule has 0 unspecified atom stereocenters. The minimum atomic E-state index is 0.554. The molecule has 1 aromatic heterocycles. The smallest absolute Gasteiger partial charge is 0.0535 e. The van der Waals surface area contributed by atoms with Crippen LogP contribution in [0.3, 0.4) is 0 Å². The second-order valence-corrected chi connectivity index (χ2v) is 2.68. The van der Waals surface area contributed by atoms with Crippen LogP contribution in [0, 0.1) is 0 Å². The first-order chi connectivity index (χ1) is 4.97. The summed E-state index contributed by atoms with van der Waals surface area (Å²) in [5.41, 5.74) is 1.29. The molecule has 1 aliphatic heterocycles. The predicted octanol–water partition coefficient (Wildman–Crippen LogP) is 0.834. The van der Waals surface area contributed by atoms with Gasteiger partial charge in [0.25, 0.3) is 0 Å². The van der Waals surface area contributed by atoms with E-state index in [-0.39, 0.29) is 0 Å². The highest BCUT2D eigenvalue weighted by Crippen LogP contribution is 2.20. The summed E-state index contributed by atoms with van der Waals surface area (Å²) in [6.07, 6.45) is 6.39. The predicted molar refractivity (Wildman–Crippen MR) is 38.6 cm³/mol. The third kappa shape index (κ3) is 0.926. The molecule has 1 atom stereocenters. The Kier molecular flexibility index (Phi) is 1.43. The molecular formula is C7H11N3. The van der Waals surface area contributed by atoms with Crippen molar-refractivity contribution in [3.05, 3.63) is 18.0 Å². The van der Waals surface area contributed by atoms with Crippen molar-refractivity contribution in [2.24, 2.45) is 0 Å². The van der Waals surface area contributed by atoms with Crippen LogP contribution in [0.1, 0.15) is 24.4 Å². The van der Waals surface area contributed by atoms with E-state index in [1.165, 1.54) is 18.4 Å². The minimum absolute atomic E-state index is 0.554. The number of hydrogen-bond acceptors (Lipinski definition) is 2. The van der Waals surface area contributed by atoms with Crippen molar-refractivity contribution in [3.63, 3.8) is 0 Å². The lowest BCUT2D eigenvalue weighted by Gasteiger charge is -2.04. The van der Waals surface area contributed by atoms with Gasteiger partial charge in [-0.25, -0.2) is 0 Å². The lowest BCUT2D eigenvalue weighted by Crippen LogP contribution is -2.11. The van der Waals surface area contributed by atoms with Gasteiger partial charge in [0.1, 0.15) is 0 Å². The maximum atomic E-state index is 3.90. The molecule has 10 heavy (non-hydrogen) atoms. The summed E-state index contributed by atoms with van der Waals surface area (Å²) in [7, 11) is 0. The van der Waals surface area contributed by atoms with Crippen LogP contribution in [0.5, 0.6) is 0 Å². The van der Waals surface area contributed by atoms with E-state index in [1.807, 2.05) is 12.4 Å². The molecule has 0 aliphatic carbocycles. The molecule has 0 bridgehead atoms. The van der Waals surface area contributed by atoms with E-state index in [2.05, 4.69) is 15.5 Å². The van der Waals surface area contributed by atoms with Crippen LogP contribution < -0.4 is 5.32 Å². The number of rotatable bonds is 1. The first kappa shape index (κ1) is 5.92. The zero-order valence-electron chi connectivity index (χ0n) is 5.80. The monoisotopic (exact) mass is 137 g/mol. The summed E-state index contributed by atoms with van der Waals surface area (Å²) in [6.45, 7) is 1.15. The van der Waals surface area contributed by atoms with E-state index in [9.17, 15) is 0 Å². The molecule has 0 aromatic carbocycles. The summed E-state index contributed by atoms with van der Waals surface area (Å²) in [4.78, 5) is 0. The van der Waals surface area contributed by atoms with Crippen molar-refractivity contribution in [2.45, 2.75) is 18.9 Å². The maximum absolute atomic E-state index is 3.90. The van der Waals surface area contributed by atoms with E-state index >= 15 is 0 Å². The summed E-state index contributed by atoms with van der Waals surface area (Å²) >= 11 is 0. The van der Waals surface area contributed by atoms with Crippen LogP contribution in [0.4, 0.5) is 0 Å². The quantitative estimate of drug-likeness (QED) is 0.602. The molecular weight excluding hydrogens is 126 g/mol. The number of H-pyrrole nitrogens is 1. The molecule has 3 nitrogen and oxygen atoms in total. The average Bonchev–Trinajstić information content (AvgIpc) is 2.59. The lowest BCUT2D eigenvalue weighted by molar-refractivity contribution is 0.648. The number of aromatic amines is 1. The Morgan fingerprint density at radius 2 is 2.60 bits per heavy atom. The third-order valence-corrected chi connectivity index (χ3v) is 1.98. The molecule has 2 rings (SSSR count). The van der Waals surface area contributed by atoms with Gasteiger partial charge in [-0.3, -0.25) is 5.10 Å². The van der Waals surface area contributed by atoms with Crippen molar-refractivity contribution in [3.8, 4) is 0 Å². The van der Waals surface area contributed by atoms with Gasteiger partial charge in [-0.05, 0) is 19.4 Å². The van der Waals surface area contributed by atoms with Gasteiger partial charge in [0.05, 0.1) is 6.20 Å². The molecule has 1 aliphatic rings. The third-order valence-electron chi connectivity index (χ3n) is 1.98. The zero-order valence-corrected chi connectivity index (χ0v) is 5.80. The highest BCUT2D eigenvalue weighted by Gasteiger charge is 2.15. The van der Waals surface area contributed by atoms with Crippen molar-refractivity contribution in [1.29, 1.82) is 0 Å². The Morgan fingerprint density at radius 1 is 1.60 bits per heavy atom. The molecule has 3 heteroatoms. The van der Waals surface area contributed by atoms with Gasteiger partial charge in [-0.15, -0.1) is 0 Å². The SMILES string of the molecule is c1n[nH]cc1[C@H]1CCCN1. The standard InChI is InChI=1S/C7H11N3/c1-2-7(8-3-1)6-4-9-10-5-6/h4-5,7-8H,1-3H2,(H,9,10)/t7-/m1/s1. The normalized spacial score (nSPS) is 25.4. The van der Waals surface area contributed by atoms with Crippen LogP contribution in [0.15, 0.2) is 12.4 Å². The number of nitrogens with one attached hydrogen (secondary N) is 2. The van der Waals surface area contributed by atoms with E-state index < -0.39 is 0 Å². The summed E-state index contributed by atoms with van der Waals surface area (Å²) in [5, 5.41) is 10.1. The summed E-state index contributed by atoms with van der Waals surface area (Å²) in [6, 6.07) is 0.554. The van der Waals surface area contributed by atoms with Crippen molar-refractivity contribution in [2.75, 3.05) is 6.54 Å². The second kappa shape index (κ2) is 2.42. The lowest BCUT2D eigenvalue weighted by atomic mass is 10.1. The molecule has 2 heterocycles. The topological polar surface area (TPSA) is 40.7 Å². The van der Waals surface area contributed by atoms with Crippen molar-refractivity contribution in [1.82, 2.24) is 15.5 Å². The molecule has 54 valence electrons. The fraction of sp³-hybridized carbons (Fsp3) is 0.571. The number of nitrogens with zero attached hydrogens (tertiary/aromatic N) is 1. The second-order valence-electron chi connectivity index (χ2n) is 2.68. The Morgan fingerprint density at radius 3 is 3.20 bits per heavy atom. The van der Waals surface area contributed by atoms with Crippen LogP contribution >= 0.6 is 0 Å². The molecule has 2 N–H and O–H groups in total. The van der Waals surface area contributed by atoms with Gasteiger partial charge in [-0.2, -0.15) is 5.10 Å². The molecule has 1 fully saturated rings. The highest BCUT2D eigenvalue weighted by molar-refractivity contribution is 5.10. The number of hydrogen-bond donors (Lipinski definition) is 2. The largest absolute Gasteiger partial charge is 0.310 e. The maximum Gasteiger partial charge on any atom is 0.0535 e. The first-order valence-electron chi connectivity index (χ1n) is 3.69. The van der Waals surface area contributed by atoms with Crippen molar-refractivity contribution >= 4 is 0 Å². The summed E-state index contributed by atoms with van der Waals surface area (Å²) in [5.74, 6) is 0. The van der Waals surface area contributed by atoms with Crippen molar-refractivity contribution < 1.29 is 0 Å². The molecule has 0 spiro atoms. The molecule has 0 radical (unpaired) electrons. The Hall–Kier alpha value is -0.830. The Balaban J connectivity index is 2.12. The summed E-state index contributed by atoms with van der Waals surface area (Å²) < 4.78 is 0. The van der Waals surface area contributed by atoms with E-state index in [0.29, 0.717) is 6.04 Å².